The van der Waals surface area contributed by atoms with E-state index in [2.05, 4.69) is 0 Å². The normalized spacial score (nSPS) is 12.5. The van der Waals surface area contributed by atoms with Crippen LogP contribution in [0.25, 0.3) is 0 Å². The fourth-order valence-electron chi connectivity index (χ4n) is 1.64. The Hall–Kier alpha value is -1.35. The molecule has 0 N–H and O–H groups in total. The Balaban J connectivity index is 2.87. The Labute approximate surface area is 103 Å². The first-order chi connectivity index (χ1) is 8.08. The van der Waals surface area contributed by atoms with E-state index in [0.29, 0.717) is 12.0 Å². The summed E-state index contributed by atoms with van der Waals surface area (Å²) in [5.74, 6) is 0.723. The van der Waals surface area contributed by atoms with Crippen LogP contribution >= 0.6 is 0 Å². The second-order valence-corrected chi connectivity index (χ2v) is 4.19. The molecule has 1 aromatic carbocycles. The number of methoxy groups -OCH3 is 1. The van der Waals surface area contributed by atoms with Crippen molar-refractivity contribution in [3.05, 3.63) is 29.8 Å². The summed E-state index contributed by atoms with van der Waals surface area (Å²) in [7, 11) is 1.56. The van der Waals surface area contributed by atoms with E-state index in [0.717, 1.165) is 5.75 Å². The minimum atomic E-state index is -0.371. The van der Waals surface area contributed by atoms with E-state index in [9.17, 15) is 4.79 Å². The third kappa shape index (κ3) is 3.86. The molecular weight excluding hydrogens is 216 g/mol. The molecule has 0 aliphatic rings. The molecule has 0 aliphatic carbocycles. The number of hydrogen-bond donors (Lipinski definition) is 0. The highest BCUT2D eigenvalue weighted by molar-refractivity contribution is 5.99. The lowest BCUT2D eigenvalue weighted by Crippen LogP contribution is -2.22. The molecule has 1 atom stereocenters. The van der Waals surface area contributed by atoms with Gasteiger partial charge in [0.2, 0.25) is 0 Å². The van der Waals surface area contributed by atoms with E-state index < -0.39 is 0 Å². The summed E-state index contributed by atoms with van der Waals surface area (Å²) < 4.78 is 10.7. The molecule has 0 amide bonds. The van der Waals surface area contributed by atoms with Crippen LogP contribution in [-0.4, -0.2) is 25.1 Å². The summed E-state index contributed by atoms with van der Waals surface area (Å²) in [5, 5.41) is 0. The first-order valence-electron chi connectivity index (χ1n) is 5.92. The van der Waals surface area contributed by atoms with Gasteiger partial charge in [0.05, 0.1) is 6.10 Å². The molecule has 3 nitrogen and oxygen atoms in total. The molecule has 0 saturated carbocycles. The molecule has 0 saturated heterocycles. The highest BCUT2D eigenvalue weighted by atomic mass is 16.5. The number of carbonyl (C=O) groups is 1. The third-order valence-electron chi connectivity index (χ3n) is 2.44. The molecule has 0 heterocycles. The lowest BCUT2D eigenvalue weighted by molar-refractivity contribution is 0.0595. The quantitative estimate of drug-likeness (QED) is 0.712. The lowest BCUT2D eigenvalue weighted by atomic mass is 10.0. The molecule has 17 heavy (non-hydrogen) atoms. The van der Waals surface area contributed by atoms with Gasteiger partial charge in [-0.15, -0.1) is 0 Å². The second kappa shape index (κ2) is 6.40. The molecule has 0 fully saturated rings. The van der Waals surface area contributed by atoms with Gasteiger partial charge in [-0.3, -0.25) is 4.79 Å². The maximum atomic E-state index is 12.1. The zero-order valence-electron chi connectivity index (χ0n) is 10.9. The van der Waals surface area contributed by atoms with Crippen LogP contribution in [0.4, 0.5) is 0 Å². The van der Waals surface area contributed by atoms with Crippen molar-refractivity contribution in [3.63, 3.8) is 0 Å². The molecule has 0 aliphatic heterocycles. The maximum absolute atomic E-state index is 12.1. The first kappa shape index (κ1) is 13.7. The third-order valence-corrected chi connectivity index (χ3v) is 2.44. The number of benzene rings is 1. The fourth-order valence-corrected chi connectivity index (χ4v) is 1.64. The van der Waals surface area contributed by atoms with Crippen LogP contribution in [0.2, 0.25) is 0 Å². The minimum Gasteiger partial charge on any atom is -0.491 e. The summed E-state index contributed by atoms with van der Waals surface area (Å²) >= 11 is 0. The van der Waals surface area contributed by atoms with Crippen LogP contribution in [0.5, 0.6) is 5.75 Å². The van der Waals surface area contributed by atoms with Crippen LogP contribution < -0.4 is 4.74 Å². The number of ether oxygens (including phenoxy) is 2. The smallest absolute Gasteiger partial charge is 0.191 e. The number of rotatable bonds is 6. The van der Waals surface area contributed by atoms with Gasteiger partial charge < -0.3 is 9.47 Å². The minimum absolute atomic E-state index is 0.00389. The second-order valence-electron chi connectivity index (χ2n) is 4.19. The van der Waals surface area contributed by atoms with Crippen LogP contribution in [0.3, 0.4) is 0 Å². The molecule has 1 rings (SSSR count). The van der Waals surface area contributed by atoms with Crippen molar-refractivity contribution in [2.45, 2.75) is 39.4 Å². The molecule has 1 aromatic rings. The van der Waals surface area contributed by atoms with E-state index >= 15 is 0 Å². The van der Waals surface area contributed by atoms with Crippen LogP contribution in [-0.2, 0) is 4.74 Å². The van der Waals surface area contributed by atoms with Crippen molar-refractivity contribution in [1.29, 1.82) is 0 Å². The Bertz CT molecular complexity index is 367. The van der Waals surface area contributed by atoms with Gasteiger partial charge in [-0.25, -0.2) is 0 Å². The van der Waals surface area contributed by atoms with Crippen molar-refractivity contribution in [2.24, 2.45) is 0 Å². The summed E-state index contributed by atoms with van der Waals surface area (Å²) in [5.41, 5.74) is 0.636. The standard InChI is InChI=1S/C14H20O3/c1-5-13(16-4)14(15)11-7-6-8-12(9-11)17-10(2)3/h6-10,13H,5H2,1-4H3. The van der Waals surface area contributed by atoms with E-state index in [1.165, 1.54) is 0 Å². The van der Waals surface area contributed by atoms with Crippen LogP contribution in [0.15, 0.2) is 24.3 Å². The molecule has 0 bridgehead atoms. The van der Waals surface area contributed by atoms with Gasteiger partial charge in [-0.05, 0) is 32.4 Å². The zero-order valence-corrected chi connectivity index (χ0v) is 10.9. The number of hydrogen-bond acceptors (Lipinski definition) is 3. The summed E-state index contributed by atoms with van der Waals surface area (Å²) in [6.45, 7) is 5.84. The Morgan fingerprint density at radius 2 is 2.06 bits per heavy atom. The zero-order chi connectivity index (χ0) is 12.8. The lowest BCUT2D eigenvalue weighted by Gasteiger charge is -2.14. The molecule has 3 heteroatoms. The van der Waals surface area contributed by atoms with Crippen molar-refractivity contribution >= 4 is 5.78 Å². The van der Waals surface area contributed by atoms with Crippen molar-refractivity contribution in [3.8, 4) is 5.75 Å². The van der Waals surface area contributed by atoms with E-state index in [-0.39, 0.29) is 18.0 Å². The van der Waals surface area contributed by atoms with Gasteiger partial charge in [-0.1, -0.05) is 19.1 Å². The maximum Gasteiger partial charge on any atom is 0.191 e. The van der Waals surface area contributed by atoms with Crippen LogP contribution in [0.1, 0.15) is 37.6 Å². The topological polar surface area (TPSA) is 35.5 Å². The Kier molecular flexibility index (Phi) is 5.16. The number of Topliss-reactive ketones (excluding diaryl/α,β-unsaturated/α-hetero) is 1. The Morgan fingerprint density at radius 1 is 1.35 bits per heavy atom. The van der Waals surface area contributed by atoms with Crippen LogP contribution in [0, 0.1) is 0 Å². The highest BCUT2D eigenvalue weighted by Crippen LogP contribution is 2.17. The fraction of sp³-hybridized carbons (Fsp3) is 0.500. The highest BCUT2D eigenvalue weighted by Gasteiger charge is 2.17. The monoisotopic (exact) mass is 236 g/mol. The first-order valence-corrected chi connectivity index (χ1v) is 5.92. The van der Waals surface area contributed by atoms with Gasteiger partial charge in [0.25, 0.3) is 0 Å². The molecule has 0 radical (unpaired) electrons. The molecule has 0 aromatic heterocycles. The van der Waals surface area contributed by atoms with Crippen molar-refractivity contribution in [1.82, 2.24) is 0 Å². The summed E-state index contributed by atoms with van der Waals surface area (Å²) in [4.78, 5) is 12.1. The molecule has 1 unspecified atom stereocenters. The largest absolute Gasteiger partial charge is 0.491 e. The van der Waals surface area contributed by atoms with Gasteiger partial charge in [0, 0.05) is 12.7 Å². The van der Waals surface area contributed by atoms with Gasteiger partial charge in [0.15, 0.2) is 5.78 Å². The number of ketones is 1. The van der Waals surface area contributed by atoms with Crippen molar-refractivity contribution in [2.75, 3.05) is 7.11 Å². The Morgan fingerprint density at radius 3 is 2.59 bits per heavy atom. The predicted molar refractivity (Wildman–Crippen MR) is 67.6 cm³/mol. The summed E-state index contributed by atoms with van der Waals surface area (Å²) in [6.07, 6.45) is 0.402. The van der Waals surface area contributed by atoms with Gasteiger partial charge >= 0.3 is 0 Å². The molecule has 94 valence electrons. The molecule has 0 spiro atoms. The molecular formula is C14H20O3. The van der Waals surface area contributed by atoms with Gasteiger partial charge in [-0.2, -0.15) is 0 Å². The van der Waals surface area contributed by atoms with E-state index in [1.807, 2.05) is 32.9 Å². The number of carbonyl (C=O) groups excluding carboxylic acids is 1. The average molecular weight is 236 g/mol. The predicted octanol–water partition coefficient (Wildman–Crippen LogP) is 3.08. The SMILES string of the molecule is CCC(OC)C(=O)c1cccc(OC(C)C)c1. The average Bonchev–Trinajstić information content (AvgIpc) is 2.30. The van der Waals surface area contributed by atoms with E-state index in [1.54, 1.807) is 19.2 Å². The van der Waals surface area contributed by atoms with Crippen molar-refractivity contribution < 1.29 is 14.3 Å². The van der Waals surface area contributed by atoms with E-state index in [4.69, 9.17) is 9.47 Å². The van der Waals surface area contributed by atoms with Gasteiger partial charge in [0.1, 0.15) is 11.9 Å². The summed E-state index contributed by atoms with van der Waals surface area (Å²) in [6, 6.07) is 7.24.